The van der Waals surface area contributed by atoms with Crippen molar-refractivity contribution in [2.45, 2.75) is 52.8 Å². The van der Waals surface area contributed by atoms with Gasteiger partial charge in [-0.15, -0.1) is 0 Å². The predicted molar refractivity (Wildman–Crippen MR) is 93.5 cm³/mol. The molecule has 7 nitrogen and oxygen atoms in total. The molecule has 28 heavy (non-hydrogen) atoms. The second kappa shape index (κ2) is 8.50. The van der Waals surface area contributed by atoms with Crippen molar-refractivity contribution in [3.8, 4) is 0 Å². The zero-order valence-corrected chi connectivity index (χ0v) is 16.3. The number of aryl methyl sites for hydroxylation is 2. The van der Waals surface area contributed by atoms with E-state index in [0.29, 0.717) is 5.91 Å². The van der Waals surface area contributed by atoms with Crippen molar-refractivity contribution in [1.29, 1.82) is 0 Å². The van der Waals surface area contributed by atoms with Gasteiger partial charge in [-0.05, 0) is 53.1 Å². The number of halogens is 3. The van der Waals surface area contributed by atoms with Crippen LogP contribution in [0.15, 0.2) is 4.52 Å². The van der Waals surface area contributed by atoms with Gasteiger partial charge in [0.2, 0.25) is 5.91 Å². The van der Waals surface area contributed by atoms with Gasteiger partial charge in [0.15, 0.2) is 0 Å². The molecule has 0 radical (unpaired) electrons. The summed E-state index contributed by atoms with van der Waals surface area (Å²) in [6, 6.07) is 0. The number of aliphatic carboxylic acids is 1. The number of piperidine rings is 1. The predicted octanol–water partition coefficient (Wildman–Crippen LogP) is 2.76. The van der Waals surface area contributed by atoms with Crippen LogP contribution in [0.2, 0.25) is 0 Å². The van der Waals surface area contributed by atoms with E-state index in [2.05, 4.69) is 17.0 Å². The minimum Gasteiger partial charge on any atom is -0.475 e. The number of hydrogen-bond acceptors (Lipinski definition) is 5. The van der Waals surface area contributed by atoms with Crippen LogP contribution in [-0.2, 0) is 16.1 Å². The lowest BCUT2D eigenvalue weighted by Crippen LogP contribution is -2.44. The van der Waals surface area contributed by atoms with Crippen molar-refractivity contribution in [1.82, 2.24) is 15.0 Å². The molecule has 1 spiro atoms. The Labute approximate surface area is 161 Å². The summed E-state index contributed by atoms with van der Waals surface area (Å²) in [5, 5.41) is 11.1. The standard InChI is InChI=1S/C16H25N3O2.C2HF3O2/c1-4-19-10-7-16(15(19)20)5-8-18(9-6-16)11-14-12(2)17-21-13(14)3;3-2(4,5)1(6)7/h4-11H2,1-3H3;(H,6,7). The molecule has 1 amide bonds. The third-order valence-electron chi connectivity index (χ3n) is 5.60. The maximum Gasteiger partial charge on any atom is 0.490 e. The number of aromatic nitrogens is 1. The summed E-state index contributed by atoms with van der Waals surface area (Å²) in [4.78, 5) is 25.9. The number of amides is 1. The van der Waals surface area contributed by atoms with Crippen molar-refractivity contribution in [2.24, 2.45) is 5.41 Å². The first kappa shape index (κ1) is 22.2. The van der Waals surface area contributed by atoms with E-state index in [1.54, 1.807) is 0 Å². The number of carbonyl (C=O) groups is 2. The maximum atomic E-state index is 12.5. The van der Waals surface area contributed by atoms with Crippen LogP contribution in [0.25, 0.3) is 0 Å². The number of rotatable bonds is 3. The zero-order chi connectivity index (χ0) is 21.1. The molecule has 0 aromatic carbocycles. The van der Waals surface area contributed by atoms with E-state index in [-0.39, 0.29) is 5.41 Å². The molecule has 3 heterocycles. The van der Waals surface area contributed by atoms with Gasteiger partial charge in [0.25, 0.3) is 0 Å². The fourth-order valence-corrected chi connectivity index (χ4v) is 3.75. The highest BCUT2D eigenvalue weighted by Crippen LogP contribution is 2.41. The Balaban J connectivity index is 0.000000345. The van der Waals surface area contributed by atoms with Gasteiger partial charge in [-0.2, -0.15) is 13.2 Å². The van der Waals surface area contributed by atoms with Crippen LogP contribution in [0.1, 0.15) is 43.2 Å². The van der Waals surface area contributed by atoms with E-state index < -0.39 is 12.1 Å². The second-order valence-corrected chi connectivity index (χ2v) is 7.30. The third kappa shape index (κ3) is 4.84. The second-order valence-electron chi connectivity index (χ2n) is 7.30. The van der Waals surface area contributed by atoms with Gasteiger partial charge in [0, 0.05) is 25.2 Å². The lowest BCUT2D eigenvalue weighted by atomic mass is 9.77. The van der Waals surface area contributed by atoms with Crippen molar-refractivity contribution in [3.63, 3.8) is 0 Å². The summed E-state index contributed by atoms with van der Waals surface area (Å²) < 4.78 is 37.0. The molecule has 2 aliphatic rings. The van der Waals surface area contributed by atoms with Crippen LogP contribution in [0, 0.1) is 19.3 Å². The van der Waals surface area contributed by atoms with Crippen LogP contribution < -0.4 is 0 Å². The molecule has 0 unspecified atom stereocenters. The Morgan fingerprint density at radius 1 is 1.21 bits per heavy atom. The monoisotopic (exact) mass is 405 g/mol. The first-order valence-electron chi connectivity index (χ1n) is 9.24. The highest BCUT2D eigenvalue weighted by atomic mass is 19.4. The van der Waals surface area contributed by atoms with Crippen molar-refractivity contribution in [2.75, 3.05) is 26.2 Å². The SMILES string of the molecule is CCN1CCC2(CCN(Cc3c(C)noc3C)CC2)C1=O.O=C(O)C(F)(F)F. The molecular formula is C18H26F3N3O4. The van der Waals surface area contributed by atoms with Crippen molar-refractivity contribution < 1.29 is 32.4 Å². The summed E-state index contributed by atoms with van der Waals surface area (Å²) in [6.07, 6.45) is -2.06. The van der Waals surface area contributed by atoms with Crippen LogP contribution in [0.4, 0.5) is 13.2 Å². The maximum absolute atomic E-state index is 12.5. The number of alkyl halides is 3. The summed E-state index contributed by atoms with van der Waals surface area (Å²) >= 11 is 0. The van der Waals surface area contributed by atoms with Crippen LogP contribution >= 0.6 is 0 Å². The van der Waals surface area contributed by atoms with E-state index in [4.69, 9.17) is 14.4 Å². The van der Waals surface area contributed by atoms with Gasteiger partial charge in [0.1, 0.15) is 5.76 Å². The van der Waals surface area contributed by atoms with Crippen LogP contribution in [0.3, 0.4) is 0 Å². The first-order valence-corrected chi connectivity index (χ1v) is 9.24. The molecule has 0 bridgehead atoms. The number of carboxylic acid groups (broad SMARTS) is 1. The van der Waals surface area contributed by atoms with Crippen LogP contribution in [0.5, 0.6) is 0 Å². The number of carbonyl (C=O) groups excluding carboxylic acids is 1. The van der Waals surface area contributed by atoms with Gasteiger partial charge in [0.05, 0.1) is 11.1 Å². The minimum atomic E-state index is -5.08. The van der Waals surface area contributed by atoms with E-state index in [1.807, 2.05) is 18.7 Å². The van der Waals surface area contributed by atoms with Crippen molar-refractivity contribution >= 4 is 11.9 Å². The van der Waals surface area contributed by atoms with Crippen molar-refractivity contribution in [3.05, 3.63) is 17.0 Å². The Bertz CT molecular complexity index is 690. The molecule has 2 saturated heterocycles. The normalized spacial score (nSPS) is 19.6. The van der Waals surface area contributed by atoms with Gasteiger partial charge >= 0.3 is 12.1 Å². The third-order valence-corrected chi connectivity index (χ3v) is 5.60. The smallest absolute Gasteiger partial charge is 0.475 e. The average molecular weight is 405 g/mol. The summed E-state index contributed by atoms with van der Waals surface area (Å²) in [5.41, 5.74) is 2.13. The van der Waals surface area contributed by atoms with E-state index in [0.717, 1.165) is 63.4 Å². The highest BCUT2D eigenvalue weighted by Gasteiger charge is 2.47. The van der Waals surface area contributed by atoms with E-state index in [9.17, 15) is 18.0 Å². The van der Waals surface area contributed by atoms with Crippen LogP contribution in [-0.4, -0.2) is 64.3 Å². The molecule has 0 aliphatic carbocycles. The first-order chi connectivity index (χ1) is 13.0. The fraction of sp³-hybridized carbons (Fsp3) is 0.722. The van der Waals surface area contributed by atoms with E-state index in [1.165, 1.54) is 5.56 Å². The fourth-order valence-electron chi connectivity index (χ4n) is 3.75. The quantitative estimate of drug-likeness (QED) is 0.832. The number of hydrogen-bond donors (Lipinski definition) is 1. The largest absolute Gasteiger partial charge is 0.490 e. The molecule has 1 N–H and O–H groups in total. The molecule has 1 aromatic heterocycles. The van der Waals surface area contributed by atoms with Gasteiger partial charge in [-0.3, -0.25) is 9.69 Å². The van der Waals surface area contributed by atoms with Gasteiger partial charge in [-0.1, -0.05) is 5.16 Å². The van der Waals surface area contributed by atoms with Gasteiger partial charge < -0.3 is 14.5 Å². The topological polar surface area (TPSA) is 86.9 Å². The Morgan fingerprint density at radius 3 is 2.14 bits per heavy atom. The van der Waals surface area contributed by atoms with E-state index >= 15 is 0 Å². The number of carboxylic acids is 1. The molecule has 158 valence electrons. The minimum absolute atomic E-state index is 0.0642. The lowest BCUT2D eigenvalue weighted by Gasteiger charge is -2.37. The molecule has 10 heteroatoms. The molecule has 2 aliphatic heterocycles. The number of nitrogens with zero attached hydrogens (tertiary/aromatic N) is 3. The molecular weight excluding hydrogens is 379 g/mol. The Kier molecular flexibility index (Phi) is 6.74. The van der Waals surface area contributed by atoms with Gasteiger partial charge in [-0.25, -0.2) is 4.79 Å². The zero-order valence-electron chi connectivity index (χ0n) is 16.3. The molecule has 2 fully saturated rings. The highest BCUT2D eigenvalue weighted by molar-refractivity contribution is 5.85. The lowest BCUT2D eigenvalue weighted by molar-refractivity contribution is -0.192. The molecule has 1 aromatic rings. The summed E-state index contributed by atoms with van der Waals surface area (Å²) in [5.74, 6) is -1.45. The number of likely N-dealkylation sites (tertiary alicyclic amines) is 2. The Hall–Kier alpha value is -2.10. The Morgan fingerprint density at radius 2 is 1.75 bits per heavy atom. The average Bonchev–Trinajstić information content (AvgIpc) is 3.11. The molecule has 0 saturated carbocycles. The molecule has 3 rings (SSSR count). The summed E-state index contributed by atoms with van der Waals surface area (Å²) in [7, 11) is 0. The summed E-state index contributed by atoms with van der Waals surface area (Å²) in [6.45, 7) is 10.7. The molecule has 0 atom stereocenters.